The number of hydrogen-bond donors (Lipinski definition) is 2. The number of hydrogen-bond acceptors (Lipinski definition) is 5. The smallest absolute Gasteiger partial charge is 0.491 e. The molecular weight excluding hydrogens is 376 g/mol. The van der Waals surface area contributed by atoms with Crippen LogP contribution in [0.2, 0.25) is 0 Å². The molecule has 0 aliphatic carbocycles. The van der Waals surface area contributed by atoms with Crippen LogP contribution < -0.4 is 10.2 Å². The third-order valence-corrected chi connectivity index (χ3v) is 5.25. The molecule has 1 saturated heterocycles. The van der Waals surface area contributed by atoms with Crippen molar-refractivity contribution in [3.63, 3.8) is 0 Å². The summed E-state index contributed by atoms with van der Waals surface area (Å²) < 4.78 is 56.2. The minimum atomic E-state index is -4.60. The van der Waals surface area contributed by atoms with Crippen molar-refractivity contribution in [2.45, 2.75) is 57.9 Å². The third-order valence-electron chi connectivity index (χ3n) is 5.25. The van der Waals surface area contributed by atoms with Crippen molar-refractivity contribution in [3.05, 3.63) is 23.8 Å². The van der Waals surface area contributed by atoms with Gasteiger partial charge in [-0.25, -0.2) is 0 Å². The fraction of sp³-hybridized carbons (Fsp3) is 0.684. The van der Waals surface area contributed by atoms with Gasteiger partial charge >= 0.3 is 13.3 Å². The first kappa shape index (κ1) is 23.0. The van der Waals surface area contributed by atoms with Gasteiger partial charge in [0.05, 0.1) is 23.4 Å². The summed E-state index contributed by atoms with van der Waals surface area (Å²) in [5.74, 6) is 0.224. The van der Waals surface area contributed by atoms with E-state index in [-0.39, 0.29) is 23.7 Å². The Kier molecular flexibility index (Phi) is 7.07. The Morgan fingerprint density at radius 2 is 1.71 bits per heavy atom. The van der Waals surface area contributed by atoms with Crippen LogP contribution >= 0.6 is 0 Å². The van der Waals surface area contributed by atoms with E-state index in [9.17, 15) is 23.3 Å². The summed E-state index contributed by atoms with van der Waals surface area (Å²) >= 11 is 0. The third kappa shape index (κ3) is 6.11. The minimum Gasteiger partial charge on any atom is -0.493 e. The van der Waals surface area contributed by atoms with Gasteiger partial charge in [-0.2, -0.15) is 13.2 Å². The van der Waals surface area contributed by atoms with Gasteiger partial charge < -0.3 is 24.3 Å². The van der Waals surface area contributed by atoms with E-state index in [1.165, 1.54) is 19.9 Å². The van der Waals surface area contributed by atoms with Gasteiger partial charge in [0.2, 0.25) is 0 Å². The van der Waals surface area contributed by atoms with Gasteiger partial charge in [0.1, 0.15) is 5.75 Å². The summed E-state index contributed by atoms with van der Waals surface area (Å²) in [7, 11) is -1.66. The lowest BCUT2D eigenvalue weighted by Crippen LogP contribution is -2.53. The molecule has 1 aliphatic heterocycles. The highest BCUT2D eigenvalue weighted by Gasteiger charge is 2.40. The van der Waals surface area contributed by atoms with E-state index in [0.717, 1.165) is 25.0 Å². The van der Waals surface area contributed by atoms with Gasteiger partial charge in [0.25, 0.3) is 0 Å². The van der Waals surface area contributed by atoms with Gasteiger partial charge in [-0.15, -0.1) is 0 Å². The lowest BCUT2D eigenvalue weighted by atomic mass is 9.76. The molecule has 2 rings (SSSR count). The highest BCUT2D eigenvalue weighted by atomic mass is 19.4. The number of benzene rings is 1. The molecule has 158 valence electrons. The molecule has 28 heavy (non-hydrogen) atoms. The molecular formula is C19H28BF3O5. The Hall–Kier alpha value is -1.29. The van der Waals surface area contributed by atoms with Crippen LogP contribution in [0.25, 0.3) is 0 Å². The number of ether oxygens (including phenoxy) is 2. The maximum Gasteiger partial charge on any atom is 0.491 e. The summed E-state index contributed by atoms with van der Waals surface area (Å²) in [6, 6.07) is 3.07. The van der Waals surface area contributed by atoms with Gasteiger partial charge in [-0.3, -0.25) is 0 Å². The second-order valence-corrected chi connectivity index (χ2v) is 8.19. The maximum atomic E-state index is 13.3. The Bertz CT molecular complexity index is 652. The van der Waals surface area contributed by atoms with E-state index < -0.39 is 30.1 Å². The number of aliphatic hydroxyl groups is 1. The second kappa shape index (κ2) is 8.61. The van der Waals surface area contributed by atoms with Crippen molar-refractivity contribution in [2.75, 3.05) is 19.8 Å². The zero-order valence-electron chi connectivity index (χ0n) is 16.7. The van der Waals surface area contributed by atoms with Crippen molar-refractivity contribution >= 4 is 12.6 Å². The molecule has 1 fully saturated rings. The molecule has 0 aromatic heterocycles. The number of rotatable bonds is 7. The Morgan fingerprint density at radius 1 is 1.11 bits per heavy atom. The van der Waals surface area contributed by atoms with Crippen LogP contribution in [-0.2, 0) is 15.6 Å². The first-order chi connectivity index (χ1) is 12.8. The molecule has 0 spiro atoms. The van der Waals surface area contributed by atoms with E-state index in [1.54, 1.807) is 13.8 Å². The zero-order valence-corrected chi connectivity index (χ0v) is 16.7. The van der Waals surface area contributed by atoms with Crippen LogP contribution in [0.3, 0.4) is 0 Å². The Morgan fingerprint density at radius 3 is 2.25 bits per heavy atom. The molecule has 5 nitrogen and oxygen atoms in total. The summed E-state index contributed by atoms with van der Waals surface area (Å²) in [4.78, 5) is 0. The molecule has 0 amide bonds. The fourth-order valence-electron chi connectivity index (χ4n) is 2.63. The van der Waals surface area contributed by atoms with Crippen LogP contribution in [-0.4, -0.2) is 48.3 Å². The highest BCUT2D eigenvalue weighted by molar-refractivity contribution is 6.60. The summed E-state index contributed by atoms with van der Waals surface area (Å²) in [5.41, 5.74) is -3.55. The molecule has 9 heteroatoms. The molecule has 0 atom stereocenters. The molecule has 2 N–H and O–H groups in total. The standard InChI is InChI=1S/C19H28BF3O5/c1-17(2,24)18(3,4)28-20(25)15-9-14(19(21,22)23)10-16(11-15)27-12-13-5-7-26-8-6-13/h9-11,13,24-25H,5-8,12H2,1-4H3. The first-order valence-electron chi connectivity index (χ1n) is 9.30. The van der Waals surface area contributed by atoms with Crippen molar-refractivity contribution < 1.29 is 37.4 Å². The lowest BCUT2D eigenvalue weighted by molar-refractivity contribution is -0.137. The molecule has 0 unspecified atom stereocenters. The van der Waals surface area contributed by atoms with Crippen LogP contribution in [0, 0.1) is 5.92 Å². The number of alkyl halides is 3. The normalized spacial score (nSPS) is 16.9. The Balaban J connectivity index is 2.22. The van der Waals surface area contributed by atoms with Gasteiger partial charge in [-0.05, 0) is 70.1 Å². The van der Waals surface area contributed by atoms with E-state index in [2.05, 4.69) is 0 Å². The molecule has 0 bridgehead atoms. The summed E-state index contributed by atoms with van der Waals surface area (Å²) in [6.07, 6.45) is -3.02. The quantitative estimate of drug-likeness (QED) is 0.685. The summed E-state index contributed by atoms with van der Waals surface area (Å²) in [6.45, 7) is 7.58. The molecule has 0 saturated carbocycles. The van der Waals surface area contributed by atoms with Crippen molar-refractivity contribution in [1.29, 1.82) is 0 Å². The monoisotopic (exact) mass is 404 g/mol. The average molecular weight is 404 g/mol. The average Bonchev–Trinajstić information content (AvgIpc) is 2.58. The number of halogens is 3. The predicted octanol–water partition coefficient (Wildman–Crippen LogP) is 2.76. The SMILES string of the molecule is CC(C)(O)C(C)(C)OB(O)c1cc(OCC2CCOCC2)cc(C(F)(F)F)c1. The first-order valence-corrected chi connectivity index (χ1v) is 9.30. The van der Waals surface area contributed by atoms with E-state index in [1.807, 2.05) is 0 Å². The fourth-order valence-corrected chi connectivity index (χ4v) is 2.63. The molecule has 1 aromatic rings. The zero-order chi connectivity index (χ0) is 21.2. The molecule has 1 aliphatic rings. The molecule has 1 heterocycles. The topological polar surface area (TPSA) is 68.2 Å². The molecule has 0 radical (unpaired) electrons. The predicted molar refractivity (Wildman–Crippen MR) is 99.6 cm³/mol. The van der Waals surface area contributed by atoms with Gasteiger partial charge in [-0.1, -0.05) is 0 Å². The van der Waals surface area contributed by atoms with Crippen LogP contribution in [0.1, 0.15) is 46.1 Å². The minimum absolute atomic E-state index is 0.0139. The van der Waals surface area contributed by atoms with Gasteiger partial charge in [0.15, 0.2) is 0 Å². The largest absolute Gasteiger partial charge is 0.493 e. The highest BCUT2D eigenvalue weighted by Crippen LogP contribution is 2.32. The summed E-state index contributed by atoms with van der Waals surface area (Å²) in [5, 5.41) is 20.5. The van der Waals surface area contributed by atoms with Crippen molar-refractivity contribution in [2.24, 2.45) is 5.92 Å². The van der Waals surface area contributed by atoms with Crippen LogP contribution in [0.4, 0.5) is 13.2 Å². The van der Waals surface area contributed by atoms with Crippen molar-refractivity contribution in [1.82, 2.24) is 0 Å². The van der Waals surface area contributed by atoms with Gasteiger partial charge in [0, 0.05) is 13.2 Å². The Labute approximate surface area is 163 Å². The second-order valence-electron chi connectivity index (χ2n) is 8.19. The van der Waals surface area contributed by atoms with Crippen LogP contribution in [0.5, 0.6) is 5.75 Å². The maximum absolute atomic E-state index is 13.3. The van der Waals surface area contributed by atoms with E-state index in [4.69, 9.17) is 14.1 Å². The van der Waals surface area contributed by atoms with Crippen LogP contribution in [0.15, 0.2) is 18.2 Å². The van der Waals surface area contributed by atoms with E-state index >= 15 is 0 Å². The lowest BCUT2D eigenvalue weighted by Gasteiger charge is -2.38. The van der Waals surface area contributed by atoms with E-state index in [0.29, 0.717) is 13.2 Å². The molecule has 1 aromatic carbocycles. The van der Waals surface area contributed by atoms with Crippen molar-refractivity contribution in [3.8, 4) is 5.75 Å².